The fraction of sp³-hybridized carbons (Fsp3) is 0.333. The van der Waals surface area contributed by atoms with Gasteiger partial charge in [-0.15, -0.1) is 0 Å². The lowest BCUT2D eigenvalue weighted by atomic mass is 10.1. The Balaban J connectivity index is 1.99. The highest BCUT2D eigenvalue weighted by atomic mass is 32.2. The first kappa shape index (κ1) is 13.4. The van der Waals surface area contributed by atoms with Crippen LogP contribution in [0.3, 0.4) is 0 Å². The minimum absolute atomic E-state index is 0.0976. The maximum atomic E-state index is 13.3. The highest BCUT2D eigenvalue weighted by Gasteiger charge is 2.20. The van der Waals surface area contributed by atoms with Crippen LogP contribution in [0.5, 0.6) is 0 Å². The van der Waals surface area contributed by atoms with Gasteiger partial charge in [0.2, 0.25) is 0 Å². The second-order valence-corrected chi connectivity index (χ2v) is 6.16. The van der Waals surface area contributed by atoms with Gasteiger partial charge in [0.1, 0.15) is 5.82 Å². The number of thioether (sulfide) groups is 1. The van der Waals surface area contributed by atoms with E-state index in [1.165, 1.54) is 12.1 Å². The molecule has 1 aliphatic heterocycles. The standard InChI is InChI=1S/C15H15FN2OS/c1-9-6-13(15(19)18-11-4-5-20-8-11)12-3-2-10(16)7-14(12)17-9/h2-3,6-7,11H,4-5,8H2,1H3,(H,18,19). The van der Waals surface area contributed by atoms with Crippen LogP contribution in [0.2, 0.25) is 0 Å². The molecule has 1 N–H and O–H groups in total. The zero-order valence-corrected chi connectivity index (χ0v) is 12.0. The van der Waals surface area contributed by atoms with Crippen molar-refractivity contribution in [2.75, 3.05) is 11.5 Å². The molecule has 3 nitrogen and oxygen atoms in total. The van der Waals surface area contributed by atoms with Crippen molar-refractivity contribution in [3.63, 3.8) is 0 Å². The summed E-state index contributed by atoms with van der Waals surface area (Å²) in [4.78, 5) is 16.7. The number of amides is 1. The number of carbonyl (C=O) groups is 1. The molecule has 2 heterocycles. The summed E-state index contributed by atoms with van der Waals surface area (Å²) >= 11 is 1.85. The second-order valence-electron chi connectivity index (χ2n) is 5.01. The number of halogens is 1. The summed E-state index contributed by atoms with van der Waals surface area (Å²) < 4.78 is 13.3. The number of rotatable bonds is 2. The van der Waals surface area contributed by atoms with Crippen LogP contribution in [-0.2, 0) is 0 Å². The fourth-order valence-electron chi connectivity index (χ4n) is 2.43. The van der Waals surface area contributed by atoms with Crippen molar-refractivity contribution in [3.05, 3.63) is 41.3 Å². The third-order valence-corrected chi connectivity index (χ3v) is 4.57. The van der Waals surface area contributed by atoms with Crippen LogP contribution >= 0.6 is 11.8 Å². The van der Waals surface area contributed by atoms with Crippen LogP contribution in [0.25, 0.3) is 10.9 Å². The van der Waals surface area contributed by atoms with Crippen LogP contribution in [-0.4, -0.2) is 28.4 Å². The molecule has 1 aliphatic rings. The van der Waals surface area contributed by atoms with E-state index in [0.29, 0.717) is 22.2 Å². The Bertz CT molecular complexity index is 663. The third kappa shape index (κ3) is 2.63. The second kappa shape index (κ2) is 5.40. The Hall–Kier alpha value is -1.62. The number of fused-ring (bicyclic) bond motifs is 1. The van der Waals surface area contributed by atoms with Crippen molar-refractivity contribution < 1.29 is 9.18 Å². The summed E-state index contributed by atoms with van der Waals surface area (Å²) in [5.41, 5.74) is 1.81. The number of aryl methyl sites for hydroxylation is 1. The fourth-order valence-corrected chi connectivity index (χ4v) is 3.59. The molecule has 1 aromatic heterocycles. The average Bonchev–Trinajstić information content (AvgIpc) is 2.90. The first-order valence-corrected chi connectivity index (χ1v) is 7.74. The largest absolute Gasteiger partial charge is 0.348 e. The highest BCUT2D eigenvalue weighted by molar-refractivity contribution is 7.99. The Morgan fingerprint density at radius 1 is 1.45 bits per heavy atom. The summed E-state index contributed by atoms with van der Waals surface area (Å²) in [6.07, 6.45) is 1.01. The van der Waals surface area contributed by atoms with Crippen LogP contribution in [0.15, 0.2) is 24.3 Å². The van der Waals surface area contributed by atoms with Crippen LogP contribution < -0.4 is 5.32 Å². The molecule has 5 heteroatoms. The third-order valence-electron chi connectivity index (χ3n) is 3.41. The zero-order valence-electron chi connectivity index (χ0n) is 11.1. The van der Waals surface area contributed by atoms with Gasteiger partial charge < -0.3 is 5.32 Å². The van der Waals surface area contributed by atoms with Gasteiger partial charge in [-0.25, -0.2) is 4.39 Å². The quantitative estimate of drug-likeness (QED) is 0.924. The van der Waals surface area contributed by atoms with Crippen molar-refractivity contribution in [2.24, 2.45) is 0 Å². The Kier molecular flexibility index (Phi) is 3.61. The molecule has 0 bridgehead atoms. The summed E-state index contributed by atoms with van der Waals surface area (Å²) in [5.74, 6) is 1.61. The molecule has 2 aromatic rings. The Morgan fingerprint density at radius 2 is 2.30 bits per heavy atom. The van der Waals surface area contributed by atoms with Crippen molar-refractivity contribution in [3.8, 4) is 0 Å². The van der Waals surface area contributed by atoms with Gasteiger partial charge in [0.15, 0.2) is 0 Å². The molecular weight excluding hydrogens is 275 g/mol. The van der Waals surface area contributed by atoms with Gasteiger partial charge in [-0.1, -0.05) is 0 Å². The van der Waals surface area contributed by atoms with Gasteiger partial charge in [-0.2, -0.15) is 11.8 Å². The van der Waals surface area contributed by atoms with Crippen LogP contribution in [0.4, 0.5) is 4.39 Å². The monoisotopic (exact) mass is 290 g/mol. The normalized spacial score (nSPS) is 18.4. The minimum Gasteiger partial charge on any atom is -0.348 e. The number of pyridine rings is 1. The van der Waals surface area contributed by atoms with Crippen molar-refractivity contribution in [1.82, 2.24) is 10.3 Å². The molecule has 0 spiro atoms. The minimum atomic E-state index is -0.339. The molecule has 1 atom stereocenters. The molecule has 1 unspecified atom stereocenters. The lowest BCUT2D eigenvalue weighted by molar-refractivity contribution is 0.0942. The molecule has 0 radical (unpaired) electrons. The highest BCUT2D eigenvalue weighted by Crippen LogP contribution is 2.21. The number of hydrogen-bond acceptors (Lipinski definition) is 3. The summed E-state index contributed by atoms with van der Waals surface area (Å²) in [6.45, 7) is 1.81. The first-order chi connectivity index (χ1) is 9.63. The van der Waals surface area contributed by atoms with Gasteiger partial charge >= 0.3 is 0 Å². The smallest absolute Gasteiger partial charge is 0.252 e. The first-order valence-electron chi connectivity index (χ1n) is 6.59. The van der Waals surface area contributed by atoms with E-state index in [1.807, 2.05) is 18.7 Å². The average molecular weight is 290 g/mol. The lowest BCUT2D eigenvalue weighted by Gasteiger charge is -2.13. The van der Waals surface area contributed by atoms with Crippen LogP contribution in [0, 0.1) is 12.7 Å². The van der Waals surface area contributed by atoms with E-state index in [1.54, 1.807) is 12.1 Å². The van der Waals surface area contributed by atoms with Gasteiger partial charge in [-0.3, -0.25) is 9.78 Å². The molecule has 0 aliphatic carbocycles. The number of nitrogens with zero attached hydrogens (tertiary/aromatic N) is 1. The van der Waals surface area contributed by atoms with E-state index < -0.39 is 0 Å². The summed E-state index contributed by atoms with van der Waals surface area (Å²) in [5, 5.41) is 3.74. The predicted molar refractivity (Wildman–Crippen MR) is 79.6 cm³/mol. The number of nitrogens with one attached hydrogen (secondary N) is 1. The SMILES string of the molecule is Cc1cc(C(=O)NC2CCSC2)c2ccc(F)cc2n1. The lowest BCUT2D eigenvalue weighted by Crippen LogP contribution is -2.34. The van der Waals surface area contributed by atoms with Gasteiger partial charge in [0.05, 0.1) is 11.1 Å². The van der Waals surface area contributed by atoms with Gasteiger partial charge in [0.25, 0.3) is 5.91 Å². The number of hydrogen-bond donors (Lipinski definition) is 1. The van der Waals surface area contributed by atoms with E-state index in [4.69, 9.17) is 0 Å². The molecule has 1 aromatic carbocycles. The summed E-state index contributed by atoms with van der Waals surface area (Å²) in [7, 11) is 0. The number of benzene rings is 1. The molecule has 0 saturated carbocycles. The Labute approximate surface area is 121 Å². The molecule has 1 saturated heterocycles. The topological polar surface area (TPSA) is 42.0 Å². The zero-order chi connectivity index (χ0) is 14.1. The molecule has 20 heavy (non-hydrogen) atoms. The molecule has 1 fully saturated rings. The molecular formula is C15H15FN2OS. The summed E-state index contributed by atoms with van der Waals surface area (Å²) in [6, 6.07) is 6.34. The molecule has 3 rings (SSSR count). The Morgan fingerprint density at radius 3 is 3.05 bits per heavy atom. The van der Waals surface area contributed by atoms with E-state index in [9.17, 15) is 9.18 Å². The van der Waals surface area contributed by atoms with Crippen LogP contribution in [0.1, 0.15) is 22.5 Å². The molecule has 1 amide bonds. The van der Waals surface area contributed by atoms with E-state index >= 15 is 0 Å². The number of carbonyl (C=O) groups excluding carboxylic acids is 1. The predicted octanol–water partition coefficient (Wildman–Crippen LogP) is 2.92. The number of aromatic nitrogens is 1. The van der Waals surface area contributed by atoms with E-state index in [0.717, 1.165) is 17.9 Å². The van der Waals surface area contributed by atoms with Gasteiger partial charge in [-0.05, 0) is 37.3 Å². The van der Waals surface area contributed by atoms with Gasteiger partial charge in [0, 0.05) is 28.9 Å². The van der Waals surface area contributed by atoms with E-state index in [-0.39, 0.29) is 17.8 Å². The maximum absolute atomic E-state index is 13.3. The van der Waals surface area contributed by atoms with E-state index in [2.05, 4.69) is 10.3 Å². The molecule has 104 valence electrons. The maximum Gasteiger partial charge on any atom is 0.252 e. The van der Waals surface area contributed by atoms with Crippen molar-refractivity contribution in [1.29, 1.82) is 0 Å². The van der Waals surface area contributed by atoms with Crippen molar-refractivity contribution in [2.45, 2.75) is 19.4 Å². The van der Waals surface area contributed by atoms with Crippen molar-refractivity contribution >= 4 is 28.6 Å².